The van der Waals surface area contributed by atoms with Gasteiger partial charge in [-0.15, -0.1) is 5.10 Å². The first-order valence-corrected chi connectivity index (χ1v) is 6.70. The predicted octanol–water partition coefficient (Wildman–Crippen LogP) is -0.265. The molecule has 1 aliphatic heterocycles. The number of rotatable bonds is 6. The molecule has 0 spiro atoms. The summed E-state index contributed by atoms with van der Waals surface area (Å²) in [7, 11) is 0. The van der Waals surface area contributed by atoms with Gasteiger partial charge in [-0.05, 0) is 6.42 Å². The zero-order valence-corrected chi connectivity index (χ0v) is 11.4. The van der Waals surface area contributed by atoms with Crippen molar-refractivity contribution in [2.75, 3.05) is 19.6 Å². The number of aromatic nitrogens is 3. The quantitative estimate of drug-likeness (QED) is 0.742. The number of nitrogens with two attached hydrogens (primary N) is 1. The highest BCUT2D eigenvalue weighted by Crippen LogP contribution is 2.23. The van der Waals surface area contributed by atoms with Crippen molar-refractivity contribution < 1.29 is 14.7 Å². The summed E-state index contributed by atoms with van der Waals surface area (Å²) in [6.45, 7) is 3.45. The van der Waals surface area contributed by atoms with E-state index in [0.717, 1.165) is 12.8 Å². The average Bonchev–Trinajstić information content (AvgIpc) is 2.83. The number of aromatic carboxylic acids is 1. The maximum Gasteiger partial charge on any atom is 0.358 e. The summed E-state index contributed by atoms with van der Waals surface area (Å²) in [5.74, 6) is -1.15. The van der Waals surface area contributed by atoms with E-state index in [2.05, 4.69) is 10.3 Å². The molecular formula is C12H19N5O3. The third-order valence-electron chi connectivity index (χ3n) is 3.55. The third kappa shape index (κ3) is 2.79. The number of nitrogens with zero attached hydrogens (tertiary/aromatic N) is 4. The second-order valence-electron chi connectivity index (χ2n) is 5.01. The van der Waals surface area contributed by atoms with Crippen LogP contribution < -0.4 is 5.73 Å². The first-order valence-electron chi connectivity index (χ1n) is 6.70. The molecule has 0 radical (unpaired) electrons. The van der Waals surface area contributed by atoms with Gasteiger partial charge in [0, 0.05) is 19.6 Å². The molecule has 0 bridgehead atoms. The van der Waals surface area contributed by atoms with E-state index in [0.29, 0.717) is 19.6 Å². The average molecular weight is 281 g/mol. The minimum atomic E-state index is -1.10. The van der Waals surface area contributed by atoms with Crippen molar-refractivity contribution in [2.24, 2.45) is 11.7 Å². The van der Waals surface area contributed by atoms with Gasteiger partial charge < -0.3 is 15.7 Å². The summed E-state index contributed by atoms with van der Waals surface area (Å²) in [5.41, 5.74) is 5.54. The molecule has 20 heavy (non-hydrogen) atoms. The molecule has 1 saturated heterocycles. The standard InChI is InChI=1S/C12H19N5O3/c1-2-3-8(4-13)11(18)16-5-9(6-16)17-7-10(12(19)20)14-15-17/h7-9H,2-6,13H2,1H3,(H,19,20). The van der Waals surface area contributed by atoms with Gasteiger partial charge in [0.2, 0.25) is 5.91 Å². The monoisotopic (exact) mass is 281 g/mol. The number of carbonyl (C=O) groups excluding carboxylic acids is 1. The summed E-state index contributed by atoms with van der Waals surface area (Å²) in [6.07, 6.45) is 3.11. The molecule has 2 heterocycles. The van der Waals surface area contributed by atoms with Gasteiger partial charge in [-0.3, -0.25) is 4.79 Å². The van der Waals surface area contributed by atoms with E-state index in [4.69, 9.17) is 10.8 Å². The van der Waals surface area contributed by atoms with E-state index >= 15 is 0 Å². The van der Waals surface area contributed by atoms with Gasteiger partial charge in [-0.2, -0.15) is 0 Å². The fourth-order valence-corrected chi connectivity index (χ4v) is 2.30. The fourth-order valence-electron chi connectivity index (χ4n) is 2.30. The molecule has 1 aromatic rings. The molecule has 0 aromatic carbocycles. The minimum Gasteiger partial charge on any atom is -0.476 e. The van der Waals surface area contributed by atoms with E-state index in [9.17, 15) is 9.59 Å². The third-order valence-corrected chi connectivity index (χ3v) is 3.55. The van der Waals surface area contributed by atoms with Gasteiger partial charge >= 0.3 is 5.97 Å². The Hall–Kier alpha value is -1.96. The Labute approximate surface area is 116 Å². The second-order valence-corrected chi connectivity index (χ2v) is 5.01. The molecule has 3 N–H and O–H groups in total. The van der Waals surface area contributed by atoms with Gasteiger partial charge in [0.1, 0.15) is 0 Å². The van der Waals surface area contributed by atoms with Crippen molar-refractivity contribution in [1.29, 1.82) is 0 Å². The summed E-state index contributed by atoms with van der Waals surface area (Å²) in [6, 6.07) is -0.000369. The van der Waals surface area contributed by atoms with Crippen LogP contribution in [0, 0.1) is 5.92 Å². The molecule has 8 nitrogen and oxygen atoms in total. The lowest BCUT2D eigenvalue weighted by atomic mass is 9.99. The van der Waals surface area contributed by atoms with Crippen LogP contribution in [0.2, 0.25) is 0 Å². The number of hydrogen-bond acceptors (Lipinski definition) is 5. The van der Waals surface area contributed by atoms with E-state index in [1.807, 2.05) is 6.92 Å². The fraction of sp³-hybridized carbons (Fsp3) is 0.667. The van der Waals surface area contributed by atoms with Crippen molar-refractivity contribution >= 4 is 11.9 Å². The van der Waals surface area contributed by atoms with Crippen LogP contribution in [0.3, 0.4) is 0 Å². The molecule has 110 valence electrons. The van der Waals surface area contributed by atoms with Crippen LogP contribution in [0.1, 0.15) is 36.3 Å². The van der Waals surface area contributed by atoms with Crippen molar-refractivity contribution in [2.45, 2.75) is 25.8 Å². The number of hydrogen-bond donors (Lipinski definition) is 2. The van der Waals surface area contributed by atoms with Crippen LogP contribution in [-0.2, 0) is 4.79 Å². The number of carboxylic acid groups (broad SMARTS) is 1. The number of carboxylic acids is 1. The van der Waals surface area contributed by atoms with Gasteiger partial charge in [-0.1, -0.05) is 18.6 Å². The Bertz CT molecular complexity index is 495. The molecule has 1 aromatic heterocycles. The zero-order valence-electron chi connectivity index (χ0n) is 11.4. The molecule has 1 amide bonds. The lowest BCUT2D eigenvalue weighted by molar-refractivity contribution is -0.141. The molecule has 1 aliphatic rings. The molecule has 0 saturated carbocycles. The van der Waals surface area contributed by atoms with Crippen LogP contribution >= 0.6 is 0 Å². The van der Waals surface area contributed by atoms with Gasteiger partial charge in [0.05, 0.1) is 18.2 Å². The lowest BCUT2D eigenvalue weighted by Gasteiger charge is -2.40. The summed E-state index contributed by atoms with van der Waals surface area (Å²) < 4.78 is 1.50. The Morgan fingerprint density at radius 1 is 1.55 bits per heavy atom. The van der Waals surface area contributed by atoms with Crippen LogP contribution in [0.4, 0.5) is 0 Å². The van der Waals surface area contributed by atoms with E-state index < -0.39 is 5.97 Å². The summed E-state index contributed by atoms with van der Waals surface area (Å²) in [4.78, 5) is 24.6. The predicted molar refractivity (Wildman–Crippen MR) is 70.1 cm³/mol. The Morgan fingerprint density at radius 3 is 2.75 bits per heavy atom. The first-order chi connectivity index (χ1) is 9.56. The largest absolute Gasteiger partial charge is 0.476 e. The number of amides is 1. The molecule has 2 rings (SSSR count). The van der Waals surface area contributed by atoms with Crippen LogP contribution in [0.25, 0.3) is 0 Å². The number of carbonyl (C=O) groups is 2. The smallest absolute Gasteiger partial charge is 0.358 e. The summed E-state index contributed by atoms with van der Waals surface area (Å²) in [5, 5.41) is 16.1. The number of likely N-dealkylation sites (tertiary alicyclic amines) is 1. The Kier molecular flexibility index (Phi) is 4.33. The highest BCUT2D eigenvalue weighted by molar-refractivity contribution is 5.84. The van der Waals surface area contributed by atoms with E-state index in [1.54, 1.807) is 4.90 Å². The SMILES string of the molecule is CCCC(CN)C(=O)N1CC(n2cc(C(=O)O)nn2)C1. The highest BCUT2D eigenvalue weighted by atomic mass is 16.4. The maximum absolute atomic E-state index is 12.1. The minimum absolute atomic E-state index is 0.000369. The Morgan fingerprint density at radius 2 is 2.25 bits per heavy atom. The van der Waals surface area contributed by atoms with Gasteiger partial charge in [-0.25, -0.2) is 9.48 Å². The van der Waals surface area contributed by atoms with Crippen LogP contribution in [0.5, 0.6) is 0 Å². The van der Waals surface area contributed by atoms with Crippen LogP contribution in [0.15, 0.2) is 6.20 Å². The molecule has 1 fully saturated rings. The molecule has 1 unspecified atom stereocenters. The second kappa shape index (κ2) is 6.00. The Balaban J connectivity index is 1.90. The first kappa shape index (κ1) is 14.4. The topological polar surface area (TPSA) is 114 Å². The zero-order chi connectivity index (χ0) is 14.7. The van der Waals surface area contributed by atoms with Crippen molar-refractivity contribution in [1.82, 2.24) is 19.9 Å². The molecule has 0 aliphatic carbocycles. The summed E-state index contributed by atoms with van der Waals surface area (Å²) >= 11 is 0. The van der Waals surface area contributed by atoms with Crippen LogP contribution in [-0.4, -0.2) is 56.5 Å². The van der Waals surface area contributed by atoms with Crippen molar-refractivity contribution in [3.8, 4) is 0 Å². The lowest BCUT2D eigenvalue weighted by Crippen LogP contribution is -2.53. The molecular weight excluding hydrogens is 262 g/mol. The van der Waals surface area contributed by atoms with Crippen molar-refractivity contribution in [3.63, 3.8) is 0 Å². The molecule has 8 heteroatoms. The van der Waals surface area contributed by atoms with Crippen molar-refractivity contribution in [3.05, 3.63) is 11.9 Å². The van der Waals surface area contributed by atoms with E-state index in [-0.39, 0.29) is 23.6 Å². The molecule has 1 atom stereocenters. The van der Waals surface area contributed by atoms with Gasteiger partial charge in [0.15, 0.2) is 5.69 Å². The van der Waals surface area contributed by atoms with E-state index in [1.165, 1.54) is 10.9 Å². The van der Waals surface area contributed by atoms with Gasteiger partial charge in [0.25, 0.3) is 0 Å². The highest BCUT2D eigenvalue weighted by Gasteiger charge is 2.35. The maximum atomic E-state index is 12.1. The normalized spacial score (nSPS) is 16.8.